The van der Waals surface area contributed by atoms with Crippen molar-refractivity contribution in [1.82, 2.24) is 5.32 Å². The zero-order chi connectivity index (χ0) is 13.7. The van der Waals surface area contributed by atoms with E-state index in [0.717, 1.165) is 24.8 Å². The molecule has 1 aliphatic rings. The molecule has 1 aliphatic carbocycles. The summed E-state index contributed by atoms with van der Waals surface area (Å²) >= 11 is 0. The summed E-state index contributed by atoms with van der Waals surface area (Å²) in [5.41, 5.74) is 1.49. The Morgan fingerprint density at radius 2 is 2.00 bits per heavy atom. The van der Waals surface area contributed by atoms with Crippen molar-refractivity contribution in [2.45, 2.75) is 51.2 Å². The van der Waals surface area contributed by atoms with Crippen molar-refractivity contribution in [3.05, 3.63) is 35.9 Å². The van der Waals surface area contributed by atoms with Gasteiger partial charge in [0.2, 0.25) is 0 Å². The molecule has 0 bridgehead atoms. The number of rotatable bonds is 8. The molecule has 1 aromatic carbocycles. The van der Waals surface area contributed by atoms with E-state index in [4.69, 9.17) is 4.74 Å². The van der Waals surface area contributed by atoms with E-state index in [9.17, 15) is 0 Å². The van der Waals surface area contributed by atoms with Gasteiger partial charge in [-0.1, -0.05) is 44.2 Å². The number of hydrogen-bond acceptors (Lipinski definition) is 2. The maximum Gasteiger partial charge on any atom is 0.0724 e. The van der Waals surface area contributed by atoms with E-state index in [1.165, 1.54) is 18.4 Å². The summed E-state index contributed by atoms with van der Waals surface area (Å²) in [6, 6.07) is 11.4. The highest BCUT2D eigenvalue weighted by molar-refractivity contribution is 5.27. The van der Waals surface area contributed by atoms with Crippen LogP contribution in [0.3, 0.4) is 0 Å². The Balaban J connectivity index is 2.00. The van der Waals surface area contributed by atoms with Gasteiger partial charge in [-0.2, -0.15) is 0 Å². The van der Waals surface area contributed by atoms with Crippen LogP contribution < -0.4 is 5.32 Å². The van der Waals surface area contributed by atoms with Crippen molar-refractivity contribution in [2.75, 3.05) is 13.7 Å². The largest absolute Gasteiger partial charge is 0.380 e. The van der Waals surface area contributed by atoms with Crippen LogP contribution >= 0.6 is 0 Å². The van der Waals surface area contributed by atoms with E-state index >= 15 is 0 Å². The van der Waals surface area contributed by atoms with Crippen molar-refractivity contribution in [1.29, 1.82) is 0 Å². The van der Waals surface area contributed by atoms with Crippen LogP contribution in [0.25, 0.3) is 0 Å². The Morgan fingerprint density at radius 3 is 2.58 bits per heavy atom. The fourth-order valence-electron chi connectivity index (χ4n) is 3.13. The smallest absolute Gasteiger partial charge is 0.0724 e. The number of benzene rings is 1. The Kier molecular flexibility index (Phi) is 5.41. The molecule has 0 aliphatic heterocycles. The third-order valence-corrected chi connectivity index (χ3v) is 4.26. The normalized spacial score (nSPS) is 25.0. The van der Waals surface area contributed by atoms with Crippen molar-refractivity contribution < 1.29 is 4.74 Å². The third kappa shape index (κ3) is 3.58. The molecule has 2 heteroatoms. The molecule has 0 spiro atoms. The van der Waals surface area contributed by atoms with Crippen LogP contribution in [-0.4, -0.2) is 25.8 Å². The summed E-state index contributed by atoms with van der Waals surface area (Å²) < 4.78 is 5.68. The minimum absolute atomic E-state index is 0.338. The molecule has 0 saturated heterocycles. The maximum absolute atomic E-state index is 5.68. The van der Waals surface area contributed by atoms with Gasteiger partial charge in [-0.05, 0) is 43.2 Å². The topological polar surface area (TPSA) is 21.3 Å². The number of methoxy groups -OCH3 is 1. The van der Waals surface area contributed by atoms with Gasteiger partial charge in [0.25, 0.3) is 0 Å². The predicted molar refractivity (Wildman–Crippen MR) is 80.5 cm³/mol. The fraction of sp³-hybridized carbons (Fsp3) is 0.647. The van der Waals surface area contributed by atoms with Gasteiger partial charge in [-0.25, -0.2) is 0 Å². The fourth-order valence-corrected chi connectivity index (χ4v) is 3.13. The standard InChI is InChI=1S/C17H27NO/c1-4-11-18-17(16(5-2)19-3)15-12-14(15)13-9-7-6-8-10-13/h6-10,14-18H,4-5,11-12H2,1-3H3. The average molecular weight is 261 g/mol. The lowest BCUT2D eigenvalue weighted by Gasteiger charge is -2.27. The Hall–Kier alpha value is -0.860. The lowest BCUT2D eigenvalue weighted by Crippen LogP contribution is -2.43. The van der Waals surface area contributed by atoms with Crippen molar-refractivity contribution in [2.24, 2.45) is 5.92 Å². The minimum atomic E-state index is 0.338. The number of nitrogens with one attached hydrogen (secondary N) is 1. The molecule has 0 aromatic heterocycles. The molecule has 2 nitrogen and oxygen atoms in total. The van der Waals surface area contributed by atoms with Crippen LogP contribution in [0.15, 0.2) is 30.3 Å². The lowest BCUT2D eigenvalue weighted by atomic mass is 9.99. The quantitative estimate of drug-likeness (QED) is 0.772. The van der Waals surface area contributed by atoms with E-state index in [-0.39, 0.29) is 0 Å². The monoisotopic (exact) mass is 261 g/mol. The van der Waals surface area contributed by atoms with E-state index < -0.39 is 0 Å². The summed E-state index contributed by atoms with van der Waals surface area (Å²) in [5, 5.41) is 3.71. The summed E-state index contributed by atoms with van der Waals surface area (Å²) in [7, 11) is 1.84. The molecule has 4 unspecified atom stereocenters. The van der Waals surface area contributed by atoms with Crippen molar-refractivity contribution >= 4 is 0 Å². The summed E-state index contributed by atoms with van der Waals surface area (Å²) in [6.07, 6.45) is 3.89. The summed E-state index contributed by atoms with van der Waals surface area (Å²) in [6.45, 7) is 5.52. The van der Waals surface area contributed by atoms with Crippen LogP contribution in [0.1, 0.15) is 44.6 Å². The Bertz CT molecular complexity index is 361. The zero-order valence-electron chi connectivity index (χ0n) is 12.4. The third-order valence-electron chi connectivity index (χ3n) is 4.26. The molecule has 1 aromatic rings. The highest BCUT2D eigenvalue weighted by atomic mass is 16.5. The van der Waals surface area contributed by atoms with Crippen LogP contribution in [-0.2, 0) is 4.74 Å². The van der Waals surface area contributed by atoms with Crippen LogP contribution in [0.2, 0.25) is 0 Å². The highest BCUT2D eigenvalue weighted by Crippen LogP contribution is 2.50. The van der Waals surface area contributed by atoms with Gasteiger partial charge in [-0.3, -0.25) is 0 Å². The second kappa shape index (κ2) is 7.06. The first-order valence-corrected chi connectivity index (χ1v) is 7.62. The van der Waals surface area contributed by atoms with Gasteiger partial charge in [0.05, 0.1) is 6.10 Å². The zero-order valence-corrected chi connectivity index (χ0v) is 12.4. The van der Waals surface area contributed by atoms with Gasteiger partial charge < -0.3 is 10.1 Å². The Morgan fingerprint density at radius 1 is 1.26 bits per heavy atom. The SMILES string of the molecule is CCCNC(C(CC)OC)C1CC1c1ccccc1. The molecule has 0 amide bonds. The molecule has 4 atom stereocenters. The molecular weight excluding hydrogens is 234 g/mol. The molecule has 0 radical (unpaired) electrons. The average Bonchev–Trinajstić information content (AvgIpc) is 3.24. The molecule has 106 valence electrons. The van der Waals surface area contributed by atoms with E-state index in [2.05, 4.69) is 49.5 Å². The van der Waals surface area contributed by atoms with E-state index in [0.29, 0.717) is 12.1 Å². The maximum atomic E-state index is 5.68. The van der Waals surface area contributed by atoms with Crippen LogP contribution in [0.5, 0.6) is 0 Å². The first-order chi connectivity index (χ1) is 9.31. The van der Waals surface area contributed by atoms with Crippen LogP contribution in [0.4, 0.5) is 0 Å². The minimum Gasteiger partial charge on any atom is -0.380 e. The molecule has 0 heterocycles. The van der Waals surface area contributed by atoms with Crippen molar-refractivity contribution in [3.63, 3.8) is 0 Å². The molecule has 1 N–H and O–H groups in total. The van der Waals surface area contributed by atoms with Gasteiger partial charge in [0.1, 0.15) is 0 Å². The van der Waals surface area contributed by atoms with E-state index in [1.807, 2.05) is 7.11 Å². The van der Waals surface area contributed by atoms with Gasteiger partial charge in [0, 0.05) is 13.2 Å². The van der Waals surface area contributed by atoms with Gasteiger partial charge in [0.15, 0.2) is 0 Å². The Labute approximate surface area is 117 Å². The van der Waals surface area contributed by atoms with Gasteiger partial charge >= 0.3 is 0 Å². The predicted octanol–water partition coefficient (Wildman–Crippen LogP) is 3.58. The summed E-state index contributed by atoms with van der Waals surface area (Å²) in [4.78, 5) is 0. The van der Waals surface area contributed by atoms with Crippen molar-refractivity contribution in [3.8, 4) is 0 Å². The van der Waals surface area contributed by atoms with Gasteiger partial charge in [-0.15, -0.1) is 0 Å². The molecule has 1 fully saturated rings. The highest BCUT2D eigenvalue weighted by Gasteiger charge is 2.45. The molecular formula is C17H27NO. The number of ether oxygens (including phenoxy) is 1. The first kappa shape index (κ1) is 14.5. The molecule has 19 heavy (non-hydrogen) atoms. The number of hydrogen-bond donors (Lipinski definition) is 1. The molecule has 1 saturated carbocycles. The lowest BCUT2D eigenvalue weighted by molar-refractivity contribution is 0.0575. The second-order valence-corrected chi connectivity index (χ2v) is 5.58. The first-order valence-electron chi connectivity index (χ1n) is 7.62. The molecule has 2 rings (SSSR count). The van der Waals surface area contributed by atoms with E-state index in [1.54, 1.807) is 0 Å². The summed E-state index contributed by atoms with van der Waals surface area (Å²) in [5.74, 6) is 1.46. The second-order valence-electron chi connectivity index (χ2n) is 5.58. The van der Waals surface area contributed by atoms with Crippen LogP contribution in [0, 0.1) is 5.92 Å².